The monoisotopic (exact) mass is 217 g/mol. The number of nitrogens with zero attached hydrogens (tertiary/aromatic N) is 1. The van der Waals surface area contributed by atoms with E-state index in [4.69, 9.17) is 0 Å². The molecule has 1 aromatic heterocycles. The fourth-order valence-electron chi connectivity index (χ4n) is 1.56. The second kappa shape index (κ2) is 4.26. The van der Waals surface area contributed by atoms with Crippen molar-refractivity contribution >= 4 is 5.69 Å². The first-order chi connectivity index (χ1) is 7.66. The molecule has 1 aromatic carbocycles. The molecule has 0 amide bonds. The smallest absolute Gasteiger partial charge is 0.125 e. The van der Waals surface area contributed by atoms with Gasteiger partial charge in [0.1, 0.15) is 11.6 Å². The van der Waals surface area contributed by atoms with Gasteiger partial charge in [-0.2, -0.15) is 0 Å². The Hall–Kier alpha value is -1.97. The number of aryl methyl sites for hydroxylation is 2. The highest BCUT2D eigenvalue weighted by Crippen LogP contribution is 2.25. The lowest BCUT2D eigenvalue weighted by atomic mass is 10.1. The quantitative estimate of drug-likeness (QED) is 0.691. The molecule has 4 heteroatoms. The minimum atomic E-state index is 0.334. The molecule has 0 fully saturated rings. The van der Waals surface area contributed by atoms with Crippen LogP contribution in [0.2, 0.25) is 0 Å². The first kappa shape index (κ1) is 10.5. The molecule has 0 radical (unpaired) electrons. The molecule has 0 atom stereocenters. The summed E-state index contributed by atoms with van der Waals surface area (Å²) >= 11 is 0. The van der Waals surface area contributed by atoms with E-state index in [1.165, 1.54) is 0 Å². The summed E-state index contributed by atoms with van der Waals surface area (Å²) in [5.74, 6) is 1.23. The predicted molar refractivity (Wildman–Crippen MR) is 63.5 cm³/mol. The van der Waals surface area contributed by atoms with Crippen LogP contribution in [0.3, 0.4) is 0 Å². The predicted octanol–water partition coefficient (Wildman–Crippen LogP) is 2.34. The normalized spacial score (nSPS) is 10.4. The van der Waals surface area contributed by atoms with Gasteiger partial charge in [0.05, 0.1) is 6.54 Å². The second-order valence-electron chi connectivity index (χ2n) is 3.84. The number of H-pyrrole nitrogens is 1. The van der Waals surface area contributed by atoms with Crippen LogP contribution in [0, 0.1) is 13.8 Å². The fourth-order valence-corrected chi connectivity index (χ4v) is 1.56. The van der Waals surface area contributed by atoms with Crippen LogP contribution in [0.5, 0.6) is 5.75 Å². The summed E-state index contributed by atoms with van der Waals surface area (Å²) in [7, 11) is 0. The molecule has 0 unspecified atom stereocenters. The maximum absolute atomic E-state index is 9.53. The van der Waals surface area contributed by atoms with Crippen LogP contribution in [-0.4, -0.2) is 15.1 Å². The molecule has 16 heavy (non-hydrogen) atoms. The Kier molecular flexibility index (Phi) is 2.81. The van der Waals surface area contributed by atoms with Gasteiger partial charge in [0.25, 0.3) is 0 Å². The van der Waals surface area contributed by atoms with Gasteiger partial charge < -0.3 is 15.4 Å². The summed E-state index contributed by atoms with van der Waals surface area (Å²) < 4.78 is 0. The number of hydrogen-bond acceptors (Lipinski definition) is 3. The molecule has 0 aliphatic rings. The summed E-state index contributed by atoms with van der Waals surface area (Å²) in [4.78, 5) is 7.16. The van der Waals surface area contributed by atoms with E-state index in [0.29, 0.717) is 12.3 Å². The van der Waals surface area contributed by atoms with E-state index < -0.39 is 0 Å². The van der Waals surface area contributed by atoms with Gasteiger partial charge in [-0.1, -0.05) is 0 Å². The van der Waals surface area contributed by atoms with Crippen LogP contribution < -0.4 is 5.32 Å². The molecular weight excluding hydrogens is 202 g/mol. The topological polar surface area (TPSA) is 60.9 Å². The molecule has 2 aromatic rings. The van der Waals surface area contributed by atoms with Crippen molar-refractivity contribution in [3.63, 3.8) is 0 Å². The van der Waals surface area contributed by atoms with Gasteiger partial charge in [0.15, 0.2) is 0 Å². The Bertz CT molecular complexity index is 477. The standard InChI is InChI=1S/C12H15N3O/c1-8-6-11(16)9(2)5-10(8)15-7-12-13-3-4-14-12/h3-6,15-16H,7H2,1-2H3,(H,13,14). The number of aromatic amines is 1. The second-order valence-corrected chi connectivity index (χ2v) is 3.84. The number of benzene rings is 1. The Balaban J connectivity index is 2.12. The third-order valence-electron chi connectivity index (χ3n) is 2.54. The van der Waals surface area contributed by atoms with E-state index >= 15 is 0 Å². The average molecular weight is 217 g/mol. The van der Waals surface area contributed by atoms with E-state index in [1.807, 2.05) is 19.9 Å². The first-order valence-electron chi connectivity index (χ1n) is 5.19. The van der Waals surface area contributed by atoms with Gasteiger partial charge >= 0.3 is 0 Å². The van der Waals surface area contributed by atoms with Gasteiger partial charge in [0.2, 0.25) is 0 Å². The molecule has 0 saturated heterocycles. The summed E-state index contributed by atoms with van der Waals surface area (Å²) in [5, 5.41) is 12.8. The third kappa shape index (κ3) is 2.16. The largest absolute Gasteiger partial charge is 0.508 e. The summed E-state index contributed by atoms with van der Waals surface area (Å²) in [6.45, 7) is 4.49. The molecule has 2 rings (SSSR count). The Morgan fingerprint density at radius 3 is 2.81 bits per heavy atom. The zero-order chi connectivity index (χ0) is 11.5. The molecule has 0 saturated carbocycles. The highest BCUT2D eigenvalue weighted by atomic mass is 16.3. The Labute approximate surface area is 94.4 Å². The van der Waals surface area contributed by atoms with Crippen LogP contribution in [0.25, 0.3) is 0 Å². The fraction of sp³-hybridized carbons (Fsp3) is 0.250. The molecular formula is C12H15N3O. The Morgan fingerprint density at radius 2 is 2.12 bits per heavy atom. The van der Waals surface area contributed by atoms with Crippen molar-refractivity contribution in [2.24, 2.45) is 0 Å². The average Bonchev–Trinajstić information content (AvgIpc) is 2.74. The zero-order valence-electron chi connectivity index (χ0n) is 9.41. The van der Waals surface area contributed by atoms with Crippen molar-refractivity contribution in [1.82, 2.24) is 9.97 Å². The molecule has 0 aliphatic carbocycles. The number of hydrogen-bond donors (Lipinski definition) is 3. The lowest BCUT2D eigenvalue weighted by molar-refractivity contribution is 0.471. The van der Waals surface area contributed by atoms with Crippen LogP contribution in [0.15, 0.2) is 24.5 Å². The van der Waals surface area contributed by atoms with Crippen LogP contribution in [0.1, 0.15) is 17.0 Å². The highest BCUT2D eigenvalue weighted by Gasteiger charge is 2.03. The van der Waals surface area contributed by atoms with E-state index in [0.717, 1.165) is 22.6 Å². The molecule has 0 spiro atoms. The first-order valence-corrected chi connectivity index (χ1v) is 5.19. The highest BCUT2D eigenvalue weighted by molar-refractivity contribution is 5.56. The number of imidazole rings is 1. The lowest BCUT2D eigenvalue weighted by Crippen LogP contribution is -2.02. The minimum Gasteiger partial charge on any atom is -0.508 e. The minimum absolute atomic E-state index is 0.334. The molecule has 0 bridgehead atoms. The van der Waals surface area contributed by atoms with E-state index in [-0.39, 0.29) is 0 Å². The van der Waals surface area contributed by atoms with E-state index in [9.17, 15) is 5.11 Å². The van der Waals surface area contributed by atoms with Gasteiger partial charge in [-0.05, 0) is 37.1 Å². The van der Waals surface area contributed by atoms with Crippen molar-refractivity contribution in [2.45, 2.75) is 20.4 Å². The number of rotatable bonds is 3. The number of anilines is 1. The molecule has 4 nitrogen and oxygen atoms in total. The number of nitrogens with one attached hydrogen (secondary N) is 2. The maximum Gasteiger partial charge on any atom is 0.125 e. The van der Waals surface area contributed by atoms with Crippen LogP contribution >= 0.6 is 0 Å². The number of aromatic hydroxyl groups is 1. The summed E-state index contributed by atoms with van der Waals surface area (Å²) in [6.07, 6.45) is 3.53. The SMILES string of the molecule is Cc1cc(NCc2ncc[nH]2)c(C)cc1O. The number of aromatic nitrogens is 2. The molecule has 1 heterocycles. The third-order valence-corrected chi connectivity index (χ3v) is 2.54. The van der Waals surface area contributed by atoms with E-state index in [1.54, 1.807) is 18.5 Å². The van der Waals surface area contributed by atoms with Gasteiger partial charge in [-0.25, -0.2) is 4.98 Å². The van der Waals surface area contributed by atoms with Gasteiger partial charge in [-0.3, -0.25) is 0 Å². The van der Waals surface area contributed by atoms with Crippen molar-refractivity contribution < 1.29 is 5.11 Å². The lowest BCUT2D eigenvalue weighted by Gasteiger charge is -2.10. The van der Waals surface area contributed by atoms with Gasteiger partial charge in [0, 0.05) is 18.1 Å². The summed E-state index contributed by atoms with van der Waals surface area (Å²) in [5.41, 5.74) is 2.91. The zero-order valence-corrected chi connectivity index (χ0v) is 9.41. The Morgan fingerprint density at radius 1 is 1.31 bits per heavy atom. The van der Waals surface area contributed by atoms with Crippen LogP contribution in [-0.2, 0) is 6.54 Å². The molecule has 3 N–H and O–H groups in total. The summed E-state index contributed by atoms with van der Waals surface area (Å²) in [6, 6.07) is 3.70. The van der Waals surface area contributed by atoms with Crippen LogP contribution in [0.4, 0.5) is 5.69 Å². The maximum atomic E-state index is 9.53. The van der Waals surface area contributed by atoms with Crippen molar-refractivity contribution in [3.05, 3.63) is 41.5 Å². The number of phenolic OH excluding ortho intramolecular Hbond substituents is 1. The molecule has 84 valence electrons. The van der Waals surface area contributed by atoms with E-state index in [2.05, 4.69) is 15.3 Å². The van der Waals surface area contributed by atoms with Gasteiger partial charge in [-0.15, -0.1) is 0 Å². The van der Waals surface area contributed by atoms with Crippen molar-refractivity contribution in [1.29, 1.82) is 0 Å². The van der Waals surface area contributed by atoms with Crippen molar-refractivity contribution in [3.8, 4) is 5.75 Å². The number of phenols is 1. The van der Waals surface area contributed by atoms with Crippen molar-refractivity contribution in [2.75, 3.05) is 5.32 Å². The molecule has 0 aliphatic heterocycles.